The summed E-state index contributed by atoms with van der Waals surface area (Å²) in [6.45, 7) is 0.340. The van der Waals surface area contributed by atoms with Crippen LogP contribution < -0.4 is 15.2 Å². The lowest BCUT2D eigenvalue weighted by Crippen LogP contribution is -2.39. The molecule has 4 rings (SSSR count). The average Bonchev–Trinajstić information content (AvgIpc) is 3.35. The second kappa shape index (κ2) is 13.0. The Bertz CT molecular complexity index is 1380. The minimum absolute atomic E-state index is 0. The van der Waals surface area contributed by atoms with Crippen molar-refractivity contribution in [1.29, 1.82) is 5.41 Å². The number of nitrogens with zero attached hydrogens (tertiary/aromatic N) is 1. The molecule has 1 aliphatic heterocycles. The van der Waals surface area contributed by atoms with Gasteiger partial charge in [-0.1, -0.05) is 36.4 Å². The highest BCUT2D eigenvalue weighted by Gasteiger charge is 2.41. The fraction of sp³-hybridized carbons (Fsp3) is 0.286. The van der Waals surface area contributed by atoms with Crippen LogP contribution >= 0.6 is 12.4 Å². The van der Waals surface area contributed by atoms with Gasteiger partial charge in [-0.05, 0) is 59.9 Å². The molecule has 0 unspecified atom stereocenters. The molecule has 1 fully saturated rings. The fourth-order valence-corrected chi connectivity index (χ4v) is 6.25. The highest BCUT2D eigenvalue weighted by molar-refractivity contribution is 7.89. The first kappa shape index (κ1) is 29.9. The van der Waals surface area contributed by atoms with Crippen molar-refractivity contribution in [1.82, 2.24) is 4.31 Å². The number of hydrogen-bond donors (Lipinski definition) is 2. The molecule has 0 spiro atoms. The topological polar surface area (TPSA) is 132 Å². The van der Waals surface area contributed by atoms with Gasteiger partial charge in [0.2, 0.25) is 10.0 Å². The first-order valence-corrected chi connectivity index (χ1v) is 13.6. The van der Waals surface area contributed by atoms with E-state index in [1.165, 1.54) is 30.7 Å². The number of amidine groups is 1. The van der Waals surface area contributed by atoms with Gasteiger partial charge in [0, 0.05) is 18.5 Å². The lowest BCUT2D eigenvalue weighted by molar-refractivity contribution is -0.141. The Morgan fingerprint density at radius 2 is 1.51 bits per heavy atom. The van der Waals surface area contributed by atoms with Crippen LogP contribution in [0, 0.1) is 11.3 Å². The van der Waals surface area contributed by atoms with Gasteiger partial charge in [-0.15, -0.1) is 12.4 Å². The number of rotatable bonds is 10. The molecule has 2 atom stereocenters. The van der Waals surface area contributed by atoms with E-state index < -0.39 is 16.1 Å². The molecule has 3 aromatic rings. The number of halogens is 1. The highest BCUT2D eigenvalue weighted by Crippen LogP contribution is 2.33. The number of nitrogen functional groups attached to an aromatic ring is 1. The monoisotopic (exact) mass is 573 g/mol. The highest BCUT2D eigenvalue weighted by atomic mass is 35.5. The largest absolute Gasteiger partial charge is 0.497 e. The number of hydrogen-bond acceptors (Lipinski definition) is 7. The van der Waals surface area contributed by atoms with Gasteiger partial charge in [0.15, 0.2) is 0 Å². The summed E-state index contributed by atoms with van der Waals surface area (Å²) in [4.78, 5) is 12.1. The van der Waals surface area contributed by atoms with Gasteiger partial charge in [0.05, 0.1) is 25.2 Å². The van der Waals surface area contributed by atoms with Crippen molar-refractivity contribution in [2.75, 3.05) is 27.4 Å². The maximum absolute atomic E-state index is 13.5. The van der Waals surface area contributed by atoms with Crippen molar-refractivity contribution in [3.63, 3.8) is 0 Å². The molecule has 3 N–H and O–H groups in total. The van der Waals surface area contributed by atoms with E-state index in [1.54, 1.807) is 24.3 Å². The molecule has 208 valence electrons. The molecule has 0 amide bonds. The number of carbonyl (C=O) groups is 1. The Hall–Kier alpha value is -3.60. The molecular weight excluding hydrogens is 542 g/mol. The van der Waals surface area contributed by atoms with E-state index in [2.05, 4.69) is 0 Å². The third kappa shape index (κ3) is 7.08. The van der Waals surface area contributed by atoms with Crippen molar-refractivity contribution in [3.8, 4) is 22.6 Å². The minimum atomic E-state index is -3.82. The van der Waals surface area contributed by atoms with Gasteiger partial charge in [0.25, 0.3) is 0 Å². The zero-order chi connectivity index (χ0) is 27.3. The molecule has 39 heavy (non-hydrogen) atoms. The van der Waals surface area contributed by atoms with Crippen molar-refractivity contribution in [2.45, 2.75) is 23.8 Å². The Balaban J connectivity index is 0.00000420. The molecule has 1 heterocycles. The van der Waals surface area contributed by atoms with E-state index in [-0.39, 0.29) is 54.6 Å². The first-order valence-electron chi connectivity index (χ1n) is 12.1. The standard InChI is InChI=1S/C28H31N3O6S.ClH/c1-35-24-11-13-26(14-12-24)38(33,34)31-17-19(16-27(32)36-2)15-23(31)18-37-25-9-7-21(8-10-25)20-3-5-22(6-4-20)28(29)30;/h3-14,19,23H,15-18H2,1-2H3,(H3,29,30);1H/t19-,23-;/m0./s1. The Morgan fingerprint density at radius 3 is 2.05 bits per heavy atom. The quantitative estimate of drug-likeness (QED) is 0.212. The molecule has 11 heteroatoms. The number of esters is 1. The van der Waals surface area contributed by atoms with Crippen LogP contribution in [0.15, 0.2) is 77.7 Å². The van der Waals surface area contributed by atoms with Crippen LogP contribution in [0.25, 0.3) is 11.1 Å². The maximum atomic E-state index is 13.5. The summed E-state index contributed by atoms with van der Waals surface area (Å²) >= 11 is 0. The predicted molar refractivity (Wildman–Crippen MR) is 151 cm³/mol. The normalized spacial score (nSPS) is 17.2. The second-order valence-corrected chi connectivity index (χ2v) is 11.0. The smallest absolute Gasteiger partial charge is 0.305 e. The summed E-state index contributed by atoms with van der Waals surface area (Å²) < 4.78 is 44.4. The Morgan fingerprint density at radius 1 is 0.949 bits per heavy atom. The summed E-state index contributed by atoms with van der Waals surface area (Å²) in [5.41, 5.74) is 8.12. The first-order chi connectivity index (χ1) is 18.2. The van der Waals surface area contributed by atoms with Crippen LogP contribution in [0.4, 0.5) is 0 Å². The molecule has 0 bridgehead atoms. The van der Waals surface area contributed by atoms with Gasteiger partial charge in [0.1, 0.15) is 23.9 Å². The van der Waals surface area contributed by atoms with Crippen LogP contribution in [0.2, 0.25) is 0 Å². The van der Waals surface area contributed by atoms with Crippen LogP contribution in [-0.4, -0.2) is 57.9 Å². The fourth-order valence-electron chi connectivity index (χ4n) is 4.55. The number of ether oxygens (including phenoxy) is 3. The molecule has 1 saturated heterocycles. The van der Waals surface area contributed by atoms with Crippen LogP contribution in [0.3, 0.4) is 0 Å². The number of nitrogens with two attached hydrogens (primary N) is 1. The van der Waals surface area contributed by atoms with Gasteiger partial charge < -0.3 is 19.9 Å². The zero-order valence-corrected chi connectivity index (χ0v) is 23.3. The number of benzene rings is 3. The number of carbonyl (C=O) groups excluding carboxylic acids is 1. The van der Waals surface area contributed by atoms with E-state index in [4.69, 9.17) is 25.4 Å². The predicted octanol–water partition coefficient (Wildman–Crippen LogP) is 4.09. The molecular formula is C28H32ClN3O6S. The lowest BCUT2D eigenvalue weighted by atomic mass is 10.0. The van der Waals surface area contributed by atoms with Gasteiger partial charge in [-0.3, -0.25) is 10.2 Å². The summed E-state index contributed by atoms with van der Waals surface area (Å²) in [6.07, 6.45) is 0.615. The SMILES string of the molecule is COC(=O)C[C@@H]1C[C@@H](COc2ccc(-c3ccc(C(=N)N)cc3)cc2)N(S(=O)(=O)c2ccc(OC)cc2)C1.Cl. The molecule has 9 nitrogen and oxygen atoms in total. The third-order valence-corrected chi connectivity index (χ3v) is 8.56. The van der Waals surface area contributed by atoms with E-state index >= 15 is 0 Å². The van der Waals surface area contributed by atoms with E-state index in [0.29, 0.717) is 23.5 Å². The van der Waals surface area contributed by atoms with Crippen molar-refractivity contribution >= 4 is 34.2 Å². The van der Waals surface area contributed by atoms with Crippen molar-refractivity contribution in [3.05, 3.63) is 78.4 Å². The Kier molecular flexibility index (Phi) is 9.96. The van der Waals surface area contributed by atoms with Gasteiger partial charge in [-0.2, -0.15) is 4.31 Å². The molecule has 1 aliphatic rings. The van der Waals surface area contributed by atoms with Crippen molar-refractivity contribution in [2.24, 2.45) is 11.7 Å². The summed E-state index contributed by atoms with van der Waals surface area (Å²) in [5.74, 6) is 0.637. The minimum Gasteiger partial charge on any atom is -0.497 e. The number of sulfonamides is 1. The van der Waals surface area contributed by atoms with E-state index in [1.807, 2.05) is 36.4 Å². The van der Waals surface area contributed by atoms with Crippen LogP contribution in [-0.2, 0) is 19.6 Å². The summed E-state index contributed by atoms with van der Waals surface area (Å²) in [5, 5.41) is 7.52. The molecule has 0 aliphatic carbocycles. The zero-order valence-electron chi connectivity index (χ0n) is 21.7. The van der Waals surface area contributed by atoms with E-state index in [0.717, 1.165) is 11.1 Å². The third-order valence-electron chi connectivity index (χ3n) is 6.63. The van der Waals surface area contributed by atoms with Gasteiger partial charge >= 0.3 is 5.97 Å². The molecule has 0 saturated carbocycles. The molecule has 0 aromatic heterocycles. The summed E-state index contributed by atoms with van der Waals surface area (Å²) in [7, 11) is -0.980. The van der Waals surface area contributed by atoms with Crippen LogP contribution in [0.1, 0.15) is 18.4 Å². The van der Waals surface area contributed by atoms with Crippen molar-refractivity contribution < 1.29 is 27.4 Å². The van der Waals surface area contributed by atoms with Crippen LogP contribution in [0.5, 0.6) is 11.5 Å². The lowest BCUT2D eigenvalue weighted by Gasteiger charge is -2.24. The maximum Gasteiger partial charge on any atom is 0.305 e. The van der Waals surface area contributed by atoms with Gasteiger partial charge in [-0.25, -0.2) is 8.42 Å². The molecule has 3 aromatic carbocycles. The van der Waals surface area contributed by atoms with E-state index in [9.17, 15) is 13.2 Å². The Labute approximate surface area is 234 Å². The number of nitrogens with one attached hydrogen (secondary N) is 1. The molecule has 0 radical (unpaired) electrons. The second-order valence-electron chi connectivity index (χ2n) is 9.11. The summed E-state index contributed by atoms with van der Waals surface area (Å²) in [6, 6.07) is 20.7. The number of methoxy groups -OCH3 is 2. The average molecular weight is 574 g/mol.